The van der Waals surface area contributed by atoms with Crippen LogP contribution in [-0.4, -0.2) is 16.1 Å². The minimum atomic E-state index is -0.794. The van der Waals surface area contributed by atoms with Gasteiger partial charge >= 0.3 is 5.97 Å². The first kappa shape index (κ1) is 8.29. The molecule has 1 aliphatic carbocycles. The standard InChI is InChI=1S/C9H11NO3/c11-9(12)6-3-1-2-4-7-8(6)10-5-13-7/h5-6H,1-4H2,(H,11,12). The van der Waals surface area contributed by atoms with Crippen LogP contribution in [0.1, 0.15) is 36.6 Å². The van der Waals surface area contributed by atoms with E-state index in [1.807, 2.05) is 0 Å². The van der Waals surface area contributed by atoms with Crippen LogP contribution in [0.25, 0.3) is 0 Å². The monoisotopic (exact) mass is 181 g/mol. The predicted molar refractivity (Wildman–Crippen MR) is 44.4 cm³/mol. The molecule has 1 aromatic rings. The number of hydrogen-bond donors (Lipinski definition) is 1. The summed E-state index contributed by atoms with van der Waals surface area (Å²) < 4.78 is 5.14. The average Bonchev–Trinajstić information content (AvgIpc) is 2.44. The molecule has 0 saturated carbocycles. The van der Waals surface area contributed by atoms with Gasteiger partial charge in [-0.05, 0) is 12.8 Å². The van der Waals surface area contributed by atoms with Gasteiger partial charge in [-0.3, -0.25) is 4.79 Å². The summed E-state index contributed by atoms with van der Waals surface area (Å²) in [5, 5.41) is 8.95. The lowest BCUT2D eigenvalue weighted by molar-refractivity contribution is -0.139. The summed E-state index contributed by atoms with van der Waals surface area (Å²) in [7, 11) is 0. The quantitative estimate of drug-likeness (QED) is 0.668. The molecule has 0 aliphatic heterocycles. The molecule has 13 heavy (non-hydrogen) atoms. The van der Waals surface area contributed by atoms with Crippen molar-refractivity contribution < 1.29 is 14.3 Å². The first-order valence-corrected chi connectivity index (χ1v) is 4.44. The van der Waals surface area contributed by atoms with E-state index in [0.29, 0.717) is 12.1 Å². The van der Waals surface area contributed by atoms with Crippen molar-refractivity contribution in [1.29, 1.82) is 0 Å². The Hall–Kier alpha value is -1.32. The normalized spacial score (nSPS) is 22.0. The lowest BCUT2D eigenvalue weighted by atomic mass is 10.0. The zero-order valence-corrected chi connectivity index (χ0v) is 7.19. The fraction of sp³-hybridized carbons (Fsp3) is 0.556. The molecule has 4 heteroatoms. The molecule has 1 atom stereocenters. The van der Waals surface area contributed by atoms with Crippen LogP contribution in [0.15, 0.2) is 10.8 Å². The number of carboxylic acid groups (broad SMARTS) is 1. The zero-order valence-electron chi connectivity index (χ0n) is 7.19. The van der Waals surface area contributed by atoms with Gasteiger partial charge < -0.3 is 9.52 Å². The minimum absolute atomic E-state index is 0.462. The van der Waals surface area contributed by atoms with E-state index in [1.165, 1.54) is 6.39 Å². The molecule has 1 N–H and O–H groups in total. The van der Waals surface area contributed by atoms with Crippen LogP contribution in [0, 0.1) is 0 Å². The third kappa shape index (κ3) is 1.43. The summed E-state index contributed by atoms with van der Waals surface area (Å²) >= 11 is 0. The van der Waals surface area contributed by atoms with Gasteiger partial charge in [0.2, 0.25) is 0 Å². The van der Waals surface area contributed by atoms with Crippen LogP contribution in [0.5, 0.6) is 0 Å². The van der Waals surface area contributed by atoms with Crippen LogP contribution in [0.4, 0.5) is 0 Å². The van der Waals surface area contributed by atoms with Gasteiger partial charge in [0.1, 0.15) is 11.7 Å². The molecule has 2 rings (SSSR count). The number of rotatable bonds is 1. The predicted octanol–water partition coefficient (Wildman–Crippen LogP) is 1.57. The second kappa shape index (κ2) is 3.20. The molecule has 1 heterocycles. The summed E-state index contributed by atoms with van der Waals surface area (Å²) in [6, 6.07) is 0. The molecule has 1 aliphatic rings. The average molecular weight is 181 g/mol. The fourth-order valence-corrected chi connectivity index (χ4v) is 1.76. The number of aromatic nitrogens is 1. The maximum absolute atomic E-state index is 10.9. The van der Waals surface area contributed by atoms with Gasteiger partial charge in [-0.25, -0.2) is 4.98 Å². The van der Waals surface area contributed by atoms with Crippen LogP contribution >= 0.6 is 0 Å². The molecule has 0 amide bonds. The van der Waals surface area contributed by atoms with Crippen LogP contribution in [0.3, 0.4) is 0 Å². The number of fused-ring (bicyclic) bond motifs is 1. The van der Waals surface area contributed by atoms with E-state index < -0.39 is 11.9 Å². The smallest absolute Gasteiger partial charge is 0.312 e. The second-order valence-electron chi connectivity index (χ2n) is 3.30. The first-order valence-electron chi connectivity index (χ1n) is 4.44. The summed E-state index contributed by atoms with van der Waals surface area (Å²) in [4.78, 5) is 14.9. The molecule has 1 unspecified atom stereocenters. The van der Waals surface area contributed by atoms with E-state index >= 15 is 0 Å². The fourth-order valence-electron chi connectivity index (χ4n) is 1.76. The van der Waals surface area contributed by atoms with Gasteiger partial charge in [0.25, 0.3) is 0 Å². The molecule has 4 nitrogen and oxygen atoms in total. The van der Waals surface area contributed by atoms with Crippen molar-refractivity contribution in [2.45, 2.75) is 31.6 Å². The summed E-state index contributed by atoms with van der Waals surface area (Å²) in [6.07, 6.45) is 4.76. The topological polar surface area (TPSA) is 63.3 Å². The summed E-state index contributed by atoms with van der Waals surface area (Å²) in [5.41, 5.74) is 0.630. The third-order valence-corrected chi connectivity index (χ3v) is 2.45. The Morgan fingerprint density at radius 1 is 1.62 bits per heavy atom. The molecule has 0 bridgehead atoms. The van der Waals surface area contributed by atoms with Gasteiger partial charge in [0, 0.05) is 6.42 Å². The van der Waals surface area contributed by atoms with Crippen LogP contribution in [0.2, 0.25) is 0 Å². The third-order valence-electron chi connectivity index (χ3n) is 2.45. The van der Waals surface area contributed by atoms with Crippen molar-refractivity contribution in [2.24, 2.45) is 0 Å². The van der Waals surface area contributed by atoms with Crippen molar-refractivity contribution in [3.05, 3.63) is 17.8 Å². The van der Waals surface area contributed by atoms with Gasteiger partial charge in [0.05, 0.1) is 5.69 Å². The Bertz CT molecular complexity index is 318. The lowest BCUT2D eigenvalue weighted by Gasteiger charge is -2.05. The highest BCUT2D eigenvalue weighted by Gasteiger charge is 2.27. The van der Waals surface area contributed by atoms with Crippen molar-refractivity contribution in [2.75, 3.05) is 0 Å². The van der Waals surface area contributed by atoms with Gasteiger partial charge in [-0.15, -0.1) is 0 Å². The van der Waals surface area contributed by atoms with E-state index in [-0.39, 0.29) is 0 Å². The van der Waals surface area contributed by atoms with Gasteiger partial charge in [-0.2, -0.15) is 0 Å². The maximum Gasteiger partial charge on any atom is 0.312 e. The Kier molecular flexibility index (Phi) is 2.04. The molecule has 1 aromatic heterocycles. The molecule has 0 fully saturated rings. The number of aryl methyl sites for hydroxylation is 1. The Labute approximate surface area is 75.6 Å². The number of nitrogens with zero attached hydrogens (tertiary/aromatic N) is 1. The molecule has 0 aromatic carbocycles. The highest BCUT2D eigenvalue weighted by atomic mass is 16.4. The molecular formula is C9H11NO3. The van der Waals surface area contributed by atoms with E-state index in [0.717, 1.165) is 25.0 Å². The molecular weight excluding hydrogens is 170 g/mol. The van der Waals surface area contributed by atoms with E-state index in [1.54, 1.807) is 0 Å². The minimum Gasteiger partial charge on any atom is -0.481 e. The van der Waals surface area contributed by atoms with E-state index in [2.05, 4.69) is 4.98 Å². The largest absolute Gasteiger partial charge is 0.481 e. The zero-order chi connectivity index (χ0) is 9.26. The number of aliphatic carboxylic acids is 1. The lowest BCUT2D eigenvalue weighted by Crippen LogP contribution is -2.11. The van der Waals surface area contributed by atoms with Gasteiger partial charge in [-0.1, -0.05) is 6.42 Å². The van der Waals surface area contributed by atoms with Crippen LogP contribution < -0.4 is 0 Å². The Morgan fingerprint density at radius 3 is 3.23 bits per heavy atom. The van der Waals surface area contributed by atoms with Crippen molar-refractivity contribution in [1.82, 2.24) is 4.98 Å². The van der Waals surface area contributed by atoms with E-state index in [4.69, 9.17) is 9.52 Å². The van der Waals surface area contributed by atoms with E-state index in [9.17, 15) is 4.79 Å². The number of carbonyl (C=O) groups is 1. The number of carboxylic acids is 1. The van der Waals surface area contributed by atoms with Gasteiger partial charge in [0.15, 0.2) is 6.39 Å². The highest BCUT2D eigenvalue weighted by molar-refractivity contribution is 5.75. The number of oxazole rings is 1. The first-order chi connectivity index (χ1) is 6.29. The molecule has 0 saturated heterocycles. The van der Waals surface area contributed by atoms with Crippen molar-refractivity contribution >= 4 is 5.97 Å². The molecule has 70 valence electrons. The Balaban J connectivity index is 2.36. The van der Waals surface area contributed by atoms with Crippen molar-refractivity contribution in [3.8, 4) is 0 Å². The Morgan fingerprint density at radius 2 is 2.46 bits per heavy atom. The second-order valence-corrected chi connectivity index (χ2v) is 3.30. The molecule has 0 spiro atoms. The molecule has 0 radical (unpaired) electrons. The summed E-state index contributed by atoms with van der Waals surface area (Å²) in [5.74, 6) is -0.502. The number of hydrogen-bond acceptors (Lipinski definition) is 3. The summed E-state index contributed by atoms with van der Waals surface area (Å²) in [6.45, 7) is 0. The SMILES string of the molecule is O=C(O)C1CCCCc2ocnc21. The highest BCUT2D eigenvalue weighted by Crippen LogP contribution is 2.29. The maximum atomic E-state index is 10.9. The van der Waals surface area contributed by atoms with Crippen molar-refractivity contribution in [3.63, 3.8) is 0 Å². The van der Waals surface area contributed by atoms with Crippen LogP contribution in [-0.2, 0) is 11.2 Å².